The van der Waals surface area contributed by atoms with Crippen LogP contribution in [0.15, 0.2) is 23.4 Å². The molecule has 0 atom stereocenters. The number of oxime groups is 1. The van der Waals surface area contributed by atoms with Crippen molar-refractivity contribution < 1.29 is 5.21 Å². The Balaban J connectivity index is 2.75. The molecule has 5 heteroatoms. The van der Waals surface area contributed by atoms with Gasteiger partial charge in [0.25, 0.3) is 0 Å². The zero-order valence-corrected chi connectivity index (χ0v) is 9.10. The summed E-state index contributed by atoms with van der Waals surface area (Å²) in [6.45, 7) is 3.78. The van der Waals surface area contributed by atoms with Crippen LogP contribution >= 0.6 is 0 Å². The number of hydrogen-bond donors (Lipinski definition) is 2. The van der Waals surface area contributed by atoms with E-state index in [1.807, 2.05) is 26.0 Å². The lowest BCUT2D eigenvalue weighted by Gasteiger charge is -2.05. The summed E-state index contributed by atoms with van der Waals surface area (Å²) >= 11 is 0. The van der Waals surface area contributed by atoms with Gasteiger partial charge >= 0.3 is 0 Å². The summed E-state index contributed by atoms with van der Waals surface area (Å²) < 4.78 is 0. The van der Waals surface area contributed by atoms with Crippen LogP contribution in [0.25, 0.3) is 10.8 Å². The Bertz CT molecular complexity index is 577. The van der Waals surface area contributed by atoms with Gasteiger partial charge in [0.2, 0.25) is 0 Å². The SMILES string of the molecule is Cc1nnc(C)c2cc(C(N)=NO)ccc12. The van der Waals surface area contributed by atoms with Crippen molar-refractivity contribution in [1.82, 2.24) is 10.2 Å². The Labute approximate surface area is 92.6 Å². The number of hydrogen-bond acceptors (Lipinski definition) is 4. The zero-order valence-electron chi connectivity index (χ0n) is 9.10. The van der Waals surface area contributed by atoms with E-state index in [9.17, 15) is 0 Å². The quantitative estimate of drug-likeness (QED) is 0.326. The fourth-order valence-corrected chi connectivity index (χ4v) is 1.63. The Morgan fingerprint density at radius 3 is 2.44 bits per heavy atom. The maximum absolute atomic E-state index is 8.62. The van der Waals surface area contributed by atoms with E-state index in [4.69, 9.17) is 10.9 Å². The third-order valence-electron chi connectivity index (χ3n) is 2.55. The normalized spacial score (nSPS) is 12.0. The highest BCUT2D eigenvalue weighted by Crippen LogP contribution is 2.20. The average molecular weight is 216 g/mol. The monoisotopic (exact) mass is 216 g/mol. The second kappa shape index (κ2) is 3.77. The smallest absolute Gasteiger partial charge is 0.170 e. The first-order chi connectivity index (χ1) is 7.63. The fraction of sp³-hybridized carbons (Fsp3) is 0.182. The van der Waals surface area contributed by atoms with E-state index in [-0.39, 0.29) is 5.84 Å². The maximum atomic E-state index is 8.62. The summed E-state index contributed by atoms with van der Waals surface area (Å²) in [5.41, 5.74) is 7.90. The molecular weight excluding hydrogens is 204 g/mol. The van der Waals surface area contributed by atoms with Crippen LogP contribution in [0.1, 0.15) is 17.0 Å². The Kier molecular flexibility index (Phi) is 2.44. The molecule has 0 aliphatic heterocycles. The van der Waals surface area contributed by atoms with E-state index in [0.29, 0.717) is 5.56 Å². The summed E-state index contributed by atoms with van der Waals surface area (Å²) in [5.74, 6) is 0.0933. The third-order valence-corrected chi connectivity index (χ3v) is 2.55. The highest BCUT2D eigenvalue weighted by molar-refractivity contribution is 6.01. The van der Waals surface area contributed by atoms with Gasteiger partial charge in [-0.2, -0.15) is 10.2 Å². The van der Waals surface area contributed by atoms with Crippen LogP contribution < -0.4 is 5.73 Å². The summed E-state index contributed by atoms with van der Waals surface area (Å²) in [7, 11) is 0. The van der Waals surface area contributed by atoms with E-state index in [1.165, 1.54) is 0 Å². The summed E-state index contributed by atoms with van der Waals surface area (Å²) in [6.07, 6.45) is 0. The summed E-state index contributed by atoms with van der Waals surface area (Å²) in [6, 6.07) is 5.55. The standard InChI is InChI=1S/C11H12N4O/c1-6-9-4-3-8(11(12)15-16)5-10(9)7(2)14-13-6/h3-5,16H,1-2H3,(H2,12,15). The first-order valence-corrected chi connectivity index (χ1v) is 4.85. The minimum absolute atomic E-state index is 0.0933. The number of fused-ring (bicyclic) bond motifs is 1. The molecule has 0 aliphatic carbocycles. The number of nitrogens with two attached hydrogens (primary N) is 1. The van der Waals surface area contributed by atoms with E-state index in [0.717, 1.165) is 22.2 Å². The maximum Gasteiger partial charge on any atom is 0.170 e. The van der Waals surface area contributed by atoms with Crippen molar-refractivity contribution in [2.45, 2.75) is 13.8 Å². The Morgan fingerprint density at radius 1 is 1.19 bits per heavy atom. The van der Waals surface area contributed by atoms with Gasteiger partial charge in [-0.05, 0) is 19.9 Å². The molecule has 0 saturated heterocycles. The van der Waals surface area contributed by atoms with Crippen LogP contribution in [-0.4, -0.2) is 21.2 Å². The predicted octanol–water partition coefficient (Wildman–Crippen LogP) is 1.34. The van der Waals surface area contributed by atoms with Crippen molar-refractivity contribution >= 4 is 16.6 Å². The Morgan fingerprint density at radius 2 is 1.81 bits per heavy atom. The molecule has 2 rings (SSSR count). The van der Waals surface area contributed by atoms with Crippen LogP contribution in [0.5, 0.6) is 0 Å². The second-order valence-corrected chi connectivity index (χ2v) is 3.62. The minimum Gasteiger partial charge on any atom is -0.409 e. The minimum atomic E-state index is 0.0933. The van der Waals surface area contributed by atoms with Gasteiger partial charge in [0.15, 0.2) is 5.84 Å². The van der Waals surface area contributed by atoms with Crippen LogP contribution in [-0.2, 0) is 0 Å². The van der Waals surface area contributed by atoms with Crippen molar-refractivity contribution in [2.24, 2.45) is 10.9 Å². The second-order valence-electron chi connectivity index (χ2n) is 3.62. The van der Waals surface area contributed by atoms with E-state index in [2.05, 4.69) is 15.4 Å². The molecule has 0 spiro atoms. The molecule has 5 nitrogen and oxygen atoms in total. The molecular formula is C11H12N4O. The molecule has 1 aromatic heterocycles. The molecule has 16 heavy (non-hydrogen) atoms. The molecule has 0 amide bonds. The van der Waals surface area contributed by atoms with Crippen molar-refractivity contribution in [2.75, 3.05) is 0 Å². The summed E-state index contributed by atoms with van der Waals surface area (Å²) in [5, 5.41) is 21.7. The van der Waals surface area contributed by atoms with E-state index < -0.39 is 0 Å². The van der Waals surface area contributed by atoms with Crippen LogP contribution in [0.2, 0.25) is 0 Å². The first kappa shape index (κ1) is 10.4. The van der Waals surface area contributed by atoms with Gasteiger partial charge in [-0.1, -0.05) is 17.3 Å². The molecule has 0 aliphatic rings. The molecule has 1 heterocycles. The van der Waals surface area contributed by atoms with Gasteiger partial charge < -0.3 is 10.9 Å². The molecule has 0 bridgehead atoms. The Hall–Kier alpha value is -2.17. The van der Waals surface area contributed by atoms with Gasteiger partial charge in [0.1, 0.15) is 0 Å². The largest absolute Gasteiger partial charge is 0.409 e. The highest BCUT2D eigenvalue weighted by Gasteiger charge is 2.06. The van der Waals surface area contributed by atoms with Gasteiger partial charge in [-0.3, -0.25) is 0 Å². The number of nitrogens with zero attached hydrogens (tertiary/aromatic N) is 3. The van der Waals surface area contributed by atoms with Crippen molar-refractivity contribution in [3.63, 3.8) is 0 Å². The van der Waals surface area contributed by atoms with Gasteiger partial charge in [0.05, 0.1) is 11.4 Å². The van der Waals surface area contributed by atoms with Gasteiger partial charge in [-0.15, -0.1) is 0 Å². The number of amidine groups is 1. The molecule has 82 valence electrons. The third kappa shape index (κ3) is 1.56. The molecule has 0 radical (unpaired) electrons. The number of aryl methyl sites for hydroxylation is 2. The molecule has 0 saturated carbocycles. The molecule has 3 N–H and O–H groups in total. The van der Waals surface area contributed by atoms with Crippen molar-refractivity contribution in [3.8, 4) is 0 Å². The number of rotatable bonds is 1. The molecule has 1 aromatic carbocycles. The average Bonchev–Trinajstić information content (AvgIpc) is 2.32. The van der Waals surface area contributed by atoms with Gasteiger partial charge in [0, 0.05) is 16.3 Å². The van der Waals surface area contributed by atoms with Gasteiger partial charge in [-0.25, -0.2) is 0 Å². The first-order valence-electron chi connectivity index (χ1n) is 4.85. The zero-order chi connectivity index (χ0) is 11.7. The van der Waals surface area contributed by atoms with Crippen LogP contribution in [0, 0.1) is 13.8 Å². The molecule has 2 aromatic rings. The van der Waals surface area contributed by atoms with Crippen LogP contribution in [0.4, 0.5) is 0 Å². The lowest BCUT2D eigenvalue weighted by Crippen LogP contribution is -2.13. The van der Waals surface area contributed by atoms with Crippen molar-refractivity contribution in [1.29, 1.82) is 0 Å². The lowest BCUT2D eigenvalue weighted by atomic mass is 10.1. The molecule has 0 unspecified atom stereocenters. The number of benzene rings is 1. The van der Waals surface area contributed by atoms with Crippen LogP contribution in [0.3, 0.4) is 0 Å². The van der Waals surface area contributed by atoms with Crippen molar-refractivity contribution in [3.05, 3.63) is 35.2 Å². The lowest BCUT2D eigenvalue weighted by molar-refractivity contribution is 0.318. The van der Waals surface area contributed by atoms with E-state index in [1.54, 1.807) is 6.07 Å². The summed E-state index contributed by atoms with van der Waals surface area (Å²) in [4.78, 5) is 0. The topological polar surface area (TPSA) is 84.4 Å². The fourth-order valence-electron chi connectivity index (χ4n) is 1.63. The number of aromatic nitrogens is 2. The molecule has 0 fully saturated rings. The highest BCUT2D eigenvalue weighted by atomic mass is 16.4. The van der Waals surface area contributed by atoms with E-state index >= 15 is 0 Å². The predicted molar refractivity (Wildman–Crippen MR) is 61.5 cm³/mol.